The van der Waals surface area contributed by atoms with Gasteiger partial charge in [0.25, 0.3) is 0 Å². The van der Waals surface area contributed by atoms with E-state index in [2.05, 4.69) is 10.3 Å². The highest BCUT2D eigenvalue weighted by Crippen LogP contribution is 2.00. The molecule has 8 heteroatoms. The van der Waals surface area contributed by atoms with Crippen molar-refractivity contribution in [3.8, 4) is 0 Å². The number of hydrogen-bond acceptors (Lipinski definition) is 4. The topological polar surface area (TPSA) is 151 Å². The lowest BCUT2D eigenvalue weighted by molar-refractivity contribution is -0.143. The predicted octanol–water partition coefficient (Wildman–Crippen LogP) is -1.20. The second kappa shape index (κ2) is 8.29. The van der Waals surface area contributed by atoms with Gasteiger partial charge in [-0.25, -0.2) is 0 Å². The van der Waals surface area contributed by atoms with Crippen LogP contribution in [0.1, 0.15) is 19.8 Å². The van der Waals surface area contributed by atoms with Crippen molar-refractivity contribution in [2.75, 3.05) is 13.1 Å². The van der Waals surface area contributed by atoms with Crippen LogP contribution in [0.15, 0.2) is 4.99 Å². The Bertz CT molecular complexity index is 315. The van der Waals surface area contributed by atoms with Crippen LogP contribution in [-0.2, 0) is 9.59 Å². The van der Waals surface area contributed by atoms with Crippen LogP contribution in [-0.4, -0.2) is 47.2 Å². The molecule has 0 aromatic carbocycles. The van der Waals surface area contributed by atoms with E-state index in [0.717, 1.165) is 0 Å². The van der Waals surface area contributed by atoms with Crippen molar-refractivity contribution in [2.45, 2.75) is 25.8 Å². The average molecular weight is 260 g/mol. The van der Waals surface area contributed by atoms with Gasteiger partial charge in [-0.15, -0.1) is 0 Å². The van der Waals surface area contributed by atoms with E-state index < -0.39 is 23.9 Å². The van der Waals surface area contributed by atoms with Gasteiger partial charge in [0.1, 0.15) is 6.04 Å². The minimum Gasteiger partial charge on any atom is -0.481 e. The van der Waals surface area contributed by atoms with Crippen molar-refractivity contribution in [1.29, 1.82) is 0 Å². The maximum atomic E-state index is 10.9. The monoisotopic (exact) mass is 260 g/mol. The molecule has 0 bridgehead atoms. The molecule has 0 aliphatic heterocycles. The van der Waals surface area contributed by atoms with Crippen molar-refractivity contribution in [3.63, 3.8) is 0 Å². The normalized spacial score (nSPS) is 13.6. The van der Waals surface area contributed by atoms with Gasteiger partial charge in [0.2, 0.25) is 0 Å². The number of rotatable bonds is 9. The van der Waals surface area contributed by atoms with Gasteiger partial charge in [-0.05, 0) is 12.8 Å². The van der Waals surface area contributed by atoms with E-state index in [0.29, 0.717) is 19.4 Å². The standard InChI is InChI=1S/C10H20N4O4/c1-6(8(15)16)5-14-7(9(17)18)3-2-4-13-10(11)12/h6-7,14H,2-5H2,1H3,(H,15,16)(H,17,18)(H4,11,12,13)/t6?,7-/m0/s1. The van der Waals surface area contributed by atoms with Crippen LogP contribution in [0.3, 0.4) is 0 Å². The van der Waals surface area contributed by atoms with E-state index in [1.165, 1.54) is 6.92 Å². The lowest BCUT2D eigenvalue weighted by atomic mass is 10.1. The summed E-state index contributed by atoms with van der Waals surface area (Å²) in [5.41, 5.74) is 10.3. The average Bonchev–Trinajstić information content (AvgIpc) is 2.26. The second-order valence-corrected chi connectivity index (χ2v) is 3.99. The molecule has 0 aromatic rings. The van der Waals surface area contributed by atoms with Crippen molar-refractivity contribution in [1.82, 2.24) is 5.32 Å². The molecule has 0 radical (unpaired) electrons. The van der Waals surface area contributed by atoms with E-state index in [9.17, 15) is 9.59 Å². The van der Waals surface area contributed by atoms with Crippen molar-refractivity contribution < 1.29 is 19.8 Å². The number of hydrogen-bond donors (Lipinski definition) is 5. The minimum atomic E-state index is -1.02. The highest BCUT2D eigenvalue weighted by Gasteiger charge is 2.19. The zero-order valence-corrected chi connectivity index (χ0v) is 10.3. The molecule has 0 saturated heterocycles. The fraction of sp³-hybridized carbons (Fsp3) is 0.700. The predicted molar refractivity (Wildman–Crippen MR) is 66.1 cm³/mol. The molecule has 0 amide bonds. The molecule has 0 rings (SSSR count). The molecule has 0 spiro atoms. The van der Waals surface area contributed by atoms with Gasteiger partial charge in [0, 0.05) is 13.1 Å². The summed E-state index contributed by atoms with van der Waals surface area (Å²) in [6.07, 6.45) is 0.835. The van der Waals surface area contributed by atoms with Gasteiger partial charge >= 0.3 is 11.9 Å². The molecule has 0 aromatic heterocycles. The fourth-order valence-corrected chi connectivity index (χ4v) is 1.22. The molecule has 0 heterocycles. The number of nitrogens with one attached hydrogen (secondary N) is 1. The van der Waals surface area contributed by atoms with Gasteiger partial charge in [-0.2, -0.15) is 0 Å². The quantitative estimate of drug-likeness (QED) is 0.198. The van der Waals surface area contributed by atoms with Crippen molar-refractivity contribution in [2.24, 2.45) is 22.4 Å². The Kier molecular flexibility index (Phi) is 7.45. The summed E-state index contributed by atoms with van der Waals surface area (Å²) in [5.74, 6) is -2.65. The van der Waals surface area contributed by atoms with Gasteiger partial charge in [-0.3, -0.25) is 14.6 Å². The van der Waals surface area contributed by atoms with Crippen LogP contribution < -0.4 is 16.8 Å². The first-order chi connectivity index (χ1) is 8.34. The Hall–Kier alpha value is -1.83. The number of carboxylic acids is 2. The second-order valence-electron chi connectivity index (χ2n) is 3.99. The lowest BCUT2D eigenvalue weighted by Crippen LogP contribution is -2.40. The summed E-state index contributed by atoms with van der Waals surface area (Å²) < 4.78 is 0. The third-order valence-corrected chi connectivity index (χ3v) is 2.34. The first-order valence-electron chi connectivity index (χ1n) is 5.59. The minimum absolute atomic E-state index is 0.0330. The number of nitrogens with zero attached hydrogens (tertiary/aromatic N) is 1. The Balaban J connectivity index is 4.04. The van der Waals surface area contributed by atoms with Crippen LogP contribution in [0.25, 0.3) is 0 Å². The third kappa shape index (κ3) is 7.44. The summed E-state index contributed by atoms with van der Waals surface area (Å²) in [7, 11) is 0. The fourth-order valence-electron chi connectivity index (χ4n) is 1.22. The van der Waals surface area contributed by atoms with E-state index in [1.807, 2.05) is 0 Å². The molecule has 0 aliphatic carbocycles. The van der Waals surface area contributed by atoms with E-state index in [-0.39, 0.29) is 12.5 Å². The van der Waals surface area contributed by atoms with Gasteiger partial charge in [-0.1, -0.05) is 6.92 Å². The molecule has 0 aliphatic rings. The van der Waals surface area contributed by atoms with Crippen LogP contribution in [0.2, 0.25) is 0 Å². The third-order valence-electron chi connectivity index (χ3n) is 2.34. The van der Waals surface area contributed by atoms with E-state index in [4.69, 9.17) is 21.7 Å². The Morgan fingerprint density at radius 3 is 2.33 bits per heavy atom. The highest BCUT2D eigenvalue weighted by atomic mass is 16.4. The Morgan fingerprint density at radius 2 is 1.89 bits per heavy atom. The summed E-state index contributed by atoms with van der Waals surface area (Å²) in [5, 5.41) is 20.3. The highest BCUT2D eigenvalue weighted by molar-refractivity contribution is 5.75. The zero-order chi connectivity index (χ0) is 14.1. The molecule has 2 atom stereocenters. The number of aliphatic imine (C=N–C) groups is 1. The van der Waals surface area contributed by atoms with Crippen LogP contribution in [0, 0.1) is 5.92 Å². The van der Waals surface area contributed by atoms with E-state index >= 15 is 0 Å². The summed E-state index contributed by atoms with van der Waals surface area (Å²) >= 11 is 0. The van der Waals surface area contributed by atoms with Gasteiger partial charge in [0.05, 0.1) is 5.92 Å². The zero-order valence-electron chi connectivity index (χ0n) is 10.3. The molecule has 0 saturated carbocycles. The molecular formula is C10H20N4O4. The molecule has 8 nitrogen and oxygen atoms in total. The number of guanidine groups is 1. The Morgan fingerprint density at radius 1 is 1.28 bits per heavy atom. The number of carboxylic acid groups (broad SMARTS) is 2. The summed E-state index contributed by atoms with van der Waals surface area (Å²) in [6, 6.07) is -0.791. The van der Waals surface area contributed by atoms with Crippen LogP contribution in [0.4, 0.5) is 0 Å². The summed E-state index contributed by atoms with van der Waals surface area (Å²) in [6.45, 7) is 1.96. The molecule has 18 heavy (non-hydrogen) atoms. The number of carbonyl (C=O) groups is 2. The van der Waals surface area contributed by atoms with Crippen molar-refractivity contribution in [3.05, 3.63) is 0 Å². The van der Waals surface area contributed by atoms with Crippen molar-refractivity contribution >= 4 is 17.9 Å². The Labute approximate surface area is 105 Å². The molecular weight excluding hydrogens is 240 g/mol. The van der Waals surface area contributed by atoms with Crippen LogP contribution in [0.5, 0.6) is 0 Å². The van der Waals surface area contributed by atoms with Gasteiger partial charge in [0.15, 0.2) is 5.96 Å². The molecule has 7 N–H and O–H groups in total. The lowest BCUT2D eigenvalue weighted by Gasteiger charge is -2.15. The first-order valence-corrected chi connectivity index (χ1v) is 5.59. The van der Waals surface area contributed by atoms with E-state index in [1.54, 1.807) is 0 Å². The van der Waals surface area contributed by atoms with Crippen LogP contribution >= 0.6 is 0 Å². The largest absolute Gasteiger partial charge is 0.481 e. The smallest absolute Gasteiger partial charge is 0.320 e. The molecule has 0 fully saturated rings. The molecule has 104 valence electrons. The molecule has 1 unspecified atom stereocenters. The number of aliphatic carboxylic acids is 2. The first kappa shape index (κ1) is 16.2. The maximum absolute atomic E-state index is 10.9. The maximum Gasteiger partial charge on any atom is 0.320 e. The SMILES string of the molecule is CC(CN[C@@H](CCCN=C(N)N)C(=O)O)C(=O)O. The van der Waals surface area contributed by atoms with Gasteiger partial charge < -0.3 is 27.0 Å². The summed E-state index contributed by atoms with van der Waals surface area (Å²) in [4.78, 5) is 25.2. The number of nitrogens with two attached hydrogens (primary N) is 2.